The minimum absolute atomic E-state index is 0.311. The van der Waals surface area contributed by atoms with Gasteiger partial charge in [-0.3, -0.25) is 0 Å². The first-order valence-electron chi connectivity index (χ1n) is 5.00. The number of aliphatic hydroxyl groups is 1. The van der Waals surface area contributed by atoms with Crippen molar-refractivity contribution in [2.75, 3.05) is 33.4 Å². The molecule has 1 atom stereocenters. The van der Waals surface area contributed by atoms with Crippen molar-refractivity contribution in [3.8, 4) is 0 Å². The van der Waals surface area contributed by atoms with Gasteiger partial charge in [-0.2, -0.15) is 0 Å². The highest BCUT2D eigenvalue weighted by Crippen LogP contribution is 1.90. The third kappa shape index (κ3) is 8.16. The van der Waals surface area contributed by atoms with E-state index >= 15 is 0 Å². The molecule has 0 bridgehead atoms. The maximum atomic E-state index is 10.7. The van der Waals surface area contributed by atoms with Crippen molar-refractivity contribution in [3.63, 3.8) is 0 Å². The standard InChI is InChI=1S/C11H19NO4/c1-4-10(13)15-8-6-12(3)7-9-16-11(14)5-2/h4-5,10,13H,1-2,6-9H2,3H3. The number of carbonyl (C=O) groups excluding carboxylic acids is 1. The van der Waals surface area contributed by atoms with E-state index in [9.17, 15) is 4.79 Å². The molecular formula is C11H19NO4. The fourth-order valence-corrected chi connectivity index (χ4v) is 0.870. The molecule has 92 valence electrons. The fraction of sp³-hybridized carbons (Fsp3) is 0.545. The van der Waals surface area contributed by atoms with Crippen molar-refractivity contribution in [2.24, 2.45) is 0 Å². The van der Waals surface area contributed by atoms with Crippen molar-refractivity contribution >= 4 is 5.97 Å². The summed E-state index contributed by atoms with van der Waals surface area (Å²) < 4.78 is 9.79. The van der Waals surface area contributed by atoms with E-state index < -0.39 is 12.3 Å². The molecule has 0 amide bonds. The molecule has 5 heteroatoms. The molecule has 0 aliphatic rings. The second-order valence-corrected chi connectivity index (χ2v) is 3.17. The Morgan fingerprint density at radius 1 is 1.44 bits per heavy atom. The van der Waals surface area contributed by atoms with Gasteiger partial charge in [0.25, 0.3) is 0 Å². The van der Waals surface area contributed by atoms with Crippen LogP contribution in [0.25, 0.3) is 0 Å². The van der Waals surface area contributed by atoms with Gasteiger partial charge in [-0.25, -0.2) is 4.79 Å². The summed E-state index contributed by atoms with van der Waals surface area (Å²) in [7, 11) is 1.87. The lowest BCUT2D eigenvalue weighted by molar-refractivity contribution is -0.138. The predicted molar refractivity (Wildman–Crippen MR) is 60.8 cm³/mol. The fourth-order valence-electron chi connectivity index (χ4n) is 0.870. The van der Waals surface area contributed by atoms with Crippen LogP contribution in [-0.4, -0.2) is 55.6 Å². The van der Waals surface area contributed by atoms with Crippen LogP contribution in [0.3, 0.4) is 0 Å². The number of ether oxygens (including phenoxy) is 2. The van der Waals surface area contributed by atoms with Crippen LogP contribution in [0.2, 0.25) is 0 Å². The molecule has 0 rings (SSSR count). The molecule has 0 saturated carbocycles. The third-order valence-electron chi connectivity index (χ3n) is 1.85. The summed E-state index contributed by atoms with van der Waals surface area (Å²) in [6.07, 6.45) is 1.52. The zero-order chi connectivity index (χ0) is 12.4. The molecule has 0 aromatic heterocycles. The predicted octanol–water partition coefficient (Wildman–Crippen LogP) is 0.168. The van der Waals surface area contributed by atoms with Crippen molar-refractivity contribution in [1.29, 1.82) is 0 Å². The molecule has 0 aromatic rings. The van der Waals surface area contributed by atoms with Gasteiger partial charge in [-0.05, 0) is 13.1 Å². The van der Waals surface area contributed by atoms with Crippen molar-refractivity contribution in [2.45, 2.75) is 6.29 Å². The van der Waals surface area contributed by atoms with Crippen LogP contribution in [0.5, 0.6) is 0 Å². The van der Waals surface area contributed by atoms with Gasteiger partial charge in [0.1, 0.15) is 6.61 Å². The molecule has 0 saturated heterocycles. The van der Waals surface area contributed by atoms with E-state index in [2.05, 4.69) is 13.2 Å². The van der Waals surface area contributed by atoms with Crippen molar-refractivity contribution < 1.29 is 19.4 Å². The minimum atomic E-state index is -0.924. The lowest BCUT2D eigenvalue weighted by Gasteiger charge is -2.16. The summed E-state index contributed by atoms with van der Waals surface area (Å²) >= 11 is 0. The van der Waals surface area contributed by atoms with Crippen LogP contribution in [-0.2, 0) is 14.3 Å². The number of rotatable bonds is 9. The van der Waals surface area contributed by atoms with Crippen LogP contribution >= 0.6 is 0 Å². The van der Waals surface area contributed by atoms with Gasteiger partial charge in [0, 0.05) is 19.2 Å². The Labute approximate surface area is 96.0 Å². The van der Waals surface area contributed by atoms with Gasteiger partial charge in [0.05, 0.1) is 6.61 Å². The third-order valence-corrected chi connectivity index (χ3v) is 1.85. The first-order valence-corrected chi connectivity index (χ1v) is 5.00. The number of nitrogens with zero attached hydrogens (tertiary/aromatic N) is 1. The highest BCUT2D eigenvalue weighted by Gasteiger charge is 2.02. The summed E-state index contributed by atoms with van der Waals surface area (Å²) in [5, 5.41) is 9.01. The first kappa shape index (κ1) is 14.8. The van der Waals surface area contributed by atoms with E-state index in [0.717, 1.165) is 6.08 Å². The van der Waals surface area contributed by atoms with Gasteiger partial charge in [-0.15, -0.1) is 0 Å². The molecule has 0 heterocycles. The molecular weight excluding hydrogens is 210 g/mol. The maximum Gasteiger partial charge on any atom is 0.330 e. The average Bonchev–Trinajstić information content (AvgIpc) is 2.28. The quantitative estimate of drug-likeness (QED) is 0.264. The molecule has 16 heavy (non-hydrogen) atoms. The van der Waals surface area contributed by atoms with Gasteiger partial charge >= 0.3 is 5.97 Å². The maximum absolute atomic E-state index is 10.7. The molecule has 0 fully saturated rings. The molecule has 1 unspecified atom stereocenters. The smallest absolute Gasteiger partial charge is 0.330 e. The number of hydrogen-bond donors (Lipinski definition) is 1. The average molecular weight is 229 g/mol. The summed E-state index contributed by atoms with van der Waals surface area (Å²) in [4.78, 5) is 12.6. The molecule has 0 aromatic carbocycles. The second kappa shape index (κ2) is 9.08. The van der Waals surface area contributed by atoms with E-state index in [4.69, 9.17) is 14.6 Å². The van der Waals surface area contributed by atoms with Crippen LogP contribution in [0.1, 0.15) is 0 Å². The largest absolute Gasteiger partial charge is 0.461 e. The van der Waals surface area contributed by atoms with Crippen LogP contribution < -0.4 is 0 Å². The monoisotopic (exact) mass is 229 g/mol. The van der Waals surface area contributed by atoms with E-state index in [1.165, 1.54) is 6.08 Å². The van der Waals surface area contributed by atoms with Crippen molar-refractivity contribution in [3.05, 3.63) is 25.3 Å². The summed E-state index contributed by atoms with van der Waals surface area (Å²) in [5.41, 5.74) is 0. The van der Waals surface area contributed by atoms with Gasteiger partial charge < -0.3 is 19.5 Å². The molecule has 0 aliphatic carbocycles. The Morgan fingerprint density at radius 3 is 2.62 bits per heavy atom. The number of esters is 1. The summed E-state index contributed by atoms with van der Waals surface area (Å²) in [6.45, 7) is 8.61. The van der Waals surface area contributed by atoms with E-state index in [1.807, 2.05) is 11.9 Å². The number of hydrogen-bond acceptors (Lipinski definition) is 5. The van der Waals surface area contributed by atoms with E-state index in [1.54, 1.807) is 0 Å². The minimum Gasteiger partial charge on any atom is -0.461 e. The number of likely N-dealkylation sites (N-methyl/N-ethyl adjacent to an activating group) is 1. The van der Waals surface area contributed by atoms with E-state index in [-0.39, 0.29) is 0 Å². The second-order valence-electron chi connectivity index (χ2n) is 3.17. The van der Waals surface area contributed by atoms with E-state index in [0.29, 0.717) is 26.3 Å². The molecule has 0 spiro atoms. The SMILES string of the molecule is C=CC(=O)OCCN(C)CCOC(O)C=C. The Bertz CT molecular complexity index is 230. The number of aliphatic hydroxyl groups excluding tert-OH is 1. The van der Waals surface area contributed by atoms with Gasteiger partial charge in [0.15, 0.2) is 6.29 Å². The van der Waals surface area contributed by atoms with Crippen LogP contribution in [0.4, 0.5) is 0 Å². The van der Waals surface area contributed by atoms with Gasteiger partial charge in [0.2, 0.25) is 0 Å². The zero-order valence-electron chi connectivity index (χ0n) is 9.59. The Kier molecular flexibility index (Phi) is 8.42. The zero-order valence-corrected chi connectivity index (χ0v) is 9.59. The molecule has 1 N–H and O–H groups in total. The Hall–Kier alpha value is -1.17. The highest BCUT2D eigenvalue weighted by molar-refractivity contribution is 5.81. The Morgan fingerprint density at radius 2 is 2.06 bits per heavy atom. The lowest BCUT2D eigenvalue weighted by Crippen LogP contribution is -2.28. The molecule has 5 nitrogen and oxygen atoms in total. The van der Waals surface area contributed by atoms with Crippen LogP contribution in [0, 0.1) is 0 Å². The first-order chi connectivity index (χ1) is 7.60. The highest BCUT2D eigenvalue weighted by atomic mass is 16.6. The Balaban J connectivity index is 3.44. The van der Waals surface area contributed by atoms with Crippen LogP contribution in [0.15, 0.2) is 25.3 Å². The van der Waals surface area contributed by atoms with Crippen molar-refractivity contribution in [1.82, 2.24) is 4.90 Å². The molecule has 0 aliphatic heterocycles. The normalized spacial score (nSPS) is 12.2. The molecule has 0 radical (unpaired) electrons. The topological polar surface area (TPSA) is 59.0 Å². The summed E-state index contributed by atoms with van der Waals surface area (Å²) in [6, 6.07) is 0. The number of carbonyl (C=O) groups is 1. The summed E-state index contributed by atoms with van der Waals surface area (Å²) in [5.74, 6) is -0.424. The lowest BCUT2D eigenvalue weighted by atomic mass is 10.5. The van der Waals surface area contributed by atoms with Gasteiger partial charge in [-0.1, -0.05) is 13.2 Å².